The maximum Gasteiger partial charge on any atom is 0.264 e. The standard InChI is InChI=1S/C13H15N5O2S3/c1-8-3-5-10(6-4-8)23(19,20)18-12-14-9(2)7-11(15-12)16-17-13(21)22/h3-7H,1-2H3,(H2,17,21,22)(H2,14,15,16,18)/p-1. The molecule has 0 radical (unpaired) electrons. The monoisotopic (exact) mass is 368 g/mol. The number of aromatic nitrogens is 2. The smallest absolute Gasteiger partial charge is 0.264 e. The van der Waals surface area contributed by atoms with Crippen LogP contribution in [0.5, 0.6) is 0 Å². The van der Waals surface area contributed by atoms with Crippen LogP contribution in [0.25, 0.3) is 0 Å². The van der Waals surface area contributed by atoms with Crippen LogP contribution in [0.15, 0.2) is 35.2 Å². The van der Waals surface area contributed by atoms with Gasteiger partial charge in [-0.3, -0.25) is 5.43 Å². The van der Waals surface area contributed by atoms with E-state index in [1.54, 1.807) is 25.1 Å². The van der Waals surface area contributed by atoms with Gasteiger partial charge >= 0.3 is 0 Å². The molecule has 0 aliphatic carbocycles. The second kappa shape index (κ2) is 7.02. The summed E-state index contributed by atoms with van der Waals surface area (Å²) in [7, 11) is -3.76. The lowest BCUT2D eigenvalue weighted by atomic mass is 10.2. The van der Waals surface area contributed by atoms with Gasteiger partial charge in [-0.05, 0) is 30.3 Å². The molecule has 0 atom stereocenters. The maximum absolute atomic E-state index is 12.3. The van der Waals surface area contributed by atoms with E-state index in [2.05, 4.69) is 25.5 Å². The zero-order chi connectivity index (χ0) is 17.0. The molecule has 3 N–H and O–H groups in total. The average molecular weight is 368 g/mol. The van der Waals surface area contributed by atoms with Crippen LogP contribution in [0.4, 0.5) is 11.8 Å². The van der Waals surface area contributed by atoms with Gasteiger partial charge in [-0.1, -0.05) is 17.7 Å². The predicted octanol–water partition coefficient (Wildman–Crippen LogP) is 1.64. The normalized spacial score (nSPS) is 10.9. The molecule has 2 aromatic rings. The number of benzene rings is 1. The fraction of sp³-hybridized carbons (Fsp3) is 0.154. The predicted molar refractivity (Wildman–Crippen MR) is 95.5 cm³/mol. The van der Waals surface area contributed by atoms with Gasteiger partial charge in [0.1, 0.15) is 5.82 Å². The molecule has 7 nitrogen and oxygen atoms in total. The second-order valence-electron chi connectivity index (χ2n) is 4.67. The minimum Gasteiger partial charge on any atom is -0.410 e. The van der Waals surface area contributed by atoms with Crippen LogP contribution in [0, 0.1) is 13.8 Å². The number of anilines is 2. The Kier molecular flexibility index (Phi) is 5.29. The summed E-state index contributed by atoms with van der Waals surface area (Å²) in [5.74, 6) is 0.288. The molecule has 23 heavy (non-hydrogen) atoms. The zero-order valence-corrected chi connectivity index (χ0v) is 14.8. The first-order chi connectivity index (χ1) is 10.8. The van der Waals surface area contributed by atoms with Crippen molar-refractivity contribution in [3.63, 3.8) is 0 Å². The lowest BCUT2D eigenvalue weighted by Crippen LogP contribution is -2.26. The second-order valence-corrected chi connectivity index (χ2v) is 7.43. The van der Waals surface area contributed by atoms with Gasteiger partial charge in [0, 0.05) is 11.8 Å². The van der Waals surface area contributed by atoms with Crippen LogP contribution in [-0.2, 0) is 22.7 Å². The number of rotatable bonds is 5. The Labute approximate surface area is 145 Å². The summed E-state index contributed by atoms with van der Waals surface area (Å²) >= 11 is 9.42. The SMILES string of the molecule is Cc1ccc(S(=O)(=O)Nc2nc(C)cc(NNC(=S)[S-])n2)cc1. The van der Waals surface area contributed by atoms with Gasteiger partial charge in [-0.25, -0.2) is 18.1 Å². The van der Waals surface area contributed by atoms with E-state index in [1.165, 1.54) is 12.1 Å². The van der Waals surface area contributed by atoms with E-state index in [4.69, 9.17) is 24.8 Å². The highest BCUT2D eigenvalue weighted by molar-refractivity contribution is 8.00. The molecular formula is C13H14N5O2S3-. The van der Waals surface area contributed by atoms with Crippen LogP contribution in [0.3, 0.4) is 0 Å². The topological polar surface area (TPSA) is 96.0 Å². The summed E-state index contributed by atoms with van der Waals surface area (Å²) in [4.78, 5) is 8.25. The molecule has 0 fully saturated rings. The van der Waals surface area contributed by atoms with E-state index in [9.17, 15) is 8.42 Å². The molecule has 0 aliphatic rings. The van der Waals surface area contributed by atoms with Crippen molar-refractivity contribution in [2.24, 2.45) is 0 Å². The van der Waals surface area contributed by atoms with Crippen LogP contribution in [0.2, 0.25) is 0 Å². The lowest BCUT2D eigenvalue weighted by molar-refractivity contribution is 0.601. The van der Waals surface area contributed by atoms with Crippen LogP contribution < -0.4 is 15.6 Å². The Morgan fingerprint density at radius 2 is 1.83 bits per heavy atom. The van der Waals surface area contributed by atoms with Gasteiger partial charge in [-0.2, -0.15) is 4.98 Å². The van der Waals surface area contributed by atoms with E-state index in [0.29, 0.717) is 11.5 Å². The summed E-state index contributed by atoms with van der Waals surface area (Å²) < 4.78 is 27.1. The molecule has 1 heterocycles. The van der Waals surface area contributed by atoms with E-state index < -0.39 is 10.0 Å². The largest absolute Gasteiger partial charge is 0.410 e. The molecule has 0 spiro atoms. The molecular weight excluding hydrogens is 354 g/mol. The first-order valence-corrected chi connectivity index (χ1v) is 8.74. The van der Waals surface area contributed by atoms with Gasteiger partial charge in [0.15, 0.2) is 0 Å². The minimum atomic E-state index is -3.76. The summed E-state index contributed by atoms with van der Waals surface area (Å²) in [6.07, 6.45) is 0. The van der Waals surface area contributed by atoms with Gasteiger partial charge in [0.25, 0.3) is 10.0 Å². The number of nitrogens with zero attached hydrogens (tertiary/aromatic N) is 2. The number of hydrogen-bond acceptors (Lipinski definition) is 7. The molecule has 0 unspecified atom stereocenters. The minimum absolute atomic E-state index is 0.0508. The molecule has 0 bridgehead atoms. The molecule has 0 amide bonds. The Bertz CT molecular complexity index is 822. The molecule has 1 aromatic carbocycles. The molecule has 10 heteroatoms. The Hall–Kier alpha value is -2.04. The summed E-state index contributed by atoms with van der Waals surface area (Å²) in [5, 5.41) is 0. The number of hydrogen-bond donors (Lipinski definition) is 3. The van der Waals surface area contributed by atoms with Crippen molar-refractivity contribution in [2.75, 3.05) is 10.1 Å². The molecule has 2 rings (SSSR count). The third-order valence-electron chi connectivity index (χ3n) is 2.70. The lowest BCUT2D eigenvalue weighted by Gasteiger charge is -2.13. The van der Waals surface area contributed by atoms with Gasteiger partial charge in [0.05, 0.1) is 4.90 Å². The molecule has 1 aromatic heterocycles. The maximum atomic E-state index is 12.3. The molecule has 0 aliphatic heterocycles. The van der Waals surface area contributed by atoms with Crippen LogP contribution >= 0.6 is 12.2 Å². The van der Waals surface area contributed by atoms with Crippen molar-refractivity contribution < 1.29 is 8.42 Å². The Morgan fingerprint density at radius 1 is 1.17 bits per heavy atom. The van der Waals surface area contributed by atoms with Crippen molar-refractivity contribution in [3.8, 4) is 0 Å². The zero-order valence-electron chi connectivity index (χ0n) is 12.3. The first kappa shape index (κ1) is 17.3. The number of aryl methyl sites for hydroxylation is 2. The first-order valence-electron chi connectivity index (χ1n) is 6.44. The van der Waals surface area contributed by atoms with Crippen molar-refractivity contribution in [1.29, 1.82) is 0 Å². The third-order valence-corrected chi connectivity index (χ3v) is 4.25. The van der Waals surface area contributed by atoms with E-state index in [-0.39, 0.29) is 15.2 Å². The molecule has 0 saturated heterocycles. The third kappa shape index (κ3) is 4.98. The van der Waals surface area contributed by atoms with E-state index in [1.807, 2.05) is 6.92 Å². The number of sulfonamides is 1. The van der Waals surface area contributed by atoms with Gasteiger partial charge in [0.2, 0.25) is 5.95 Å². The average Bonchev–Trinajstić information content (AvgIpc) is 2.44. The van der Waals surface area contributed by atoms with Gasteiger partial charge < -0.3 is 30.3 Å². The van der Waals surface area contributed by atoms with Crippen molar-refractivity contribution in [1.82, 2.24) is 15.4 Å². The molecule has 0 saturated carbocycles. The highest BCUT2D eigenvalue weighted by Crippen LogP contribution is 2.15. The van der Waals surface area contributed by atoms with Crippen molar-refractivity contribution in [2.45, 2.75) is 18.7 Å². The van der Waals surface area contributed by atoms with Crippen molar-refractivity contribution in [3.05, 3.63) is 41.6 Å². The number of thiocarbonyl (C=S) groups is 1. The Balaban J connectivity index is 2.24. The van der Waals surface area contributed by atoms with E-state index >= 15 is 0 Å². The van der Waals surface area contributed by atoms with Crippen LogP contribution in [0.1, 0.15) is 11.3 Å². The Morgan fingerprint density at radius 3 is 2.43 bits per heavy atom. The number of nitrogens with one attached hydrogen (secondary N) is 3. The summed E-state index contributed by atoms with van der Waals surface area (Å²) in [6, 6.07) is 8.08. The highest BCUT2D eigenvalue weighted by atomic mass is 32.2. The van der Waals surface area contributed by atoms with Gasteiger partial charge in [-0.15, -0.1) is 0 Å². The van der Waals surface area contributed by atoms with E-state index in [0.717, 1.165) is 5.56 Å². The fourth-order valence-corrected chi connectivity index (χ4v) is 2.74. The summed E-state index contributed by atoms with van der Waals surface area (Å²) in [5.41, 5.74) is 6.76. The highest BCUT2D eigenvalue weighted by Gasteiger charge is 2.16. The number of hydrazine groups is 1. The fourth-order valence-electron chi connectivity index (χ4n) is 1.69. The van der Waals surface area contributed by atoms with Crippen LogP contribution in [-0.4, -0.2) is 22.7 Å². The quantitative estimate of drug-likeness (QED) is 0.416. The van der Waals surface area contributed by atoms with Crippen molar-refractivity contribution >= 4 is 51.0 Å². The molecule has 122 valence electrons. The summed E-state index contributed by atoms with van der Waals surface area (Å²) in [6.45, 7) is 3.59.